The largest absolute Gasteiger partial charge is 0.416 e. The first-order chi connectivity index (χ1) is 14.7. The molecule has 7 nitrogen and oxygen atoms in total. The summed E-state index contributed by atoms with van der Waals surface area (Å²) in [5.41, 5.74) is 0.649. The molecule has 0 saturated carbocycles. The van der Waals surface area contributed by atoms with Crippen molar-refractivity contribution in [2.75, 3.05) is 18.4 Å². The van der Waals surface area contributed by atoms with Crippen molar-refractivity contribution >= 4 is 32.4 Å². The van der Waals surface area contributed by atoms with Crippen molar-refractivity contribution in [3.63, 3.8) is 0 Å². The summed E-state index contributed by atoms with van der Waals surface area (Å²) in [6, 6.07) is 5.51. The highest BCUT2D eigenvalue weighted by molar-refractivity contribution is 7.89. The van der Waals surface area contributed by atoms with Crippen LogP contribution in [0.1, 0.15) is 18.4 Å². The molecule has 1 aliphatic rings. The predicted molar refractivity (Wildman–Crippen MR) is 109 cm³/mol. The number of rotatable bonds is 4. The number of hydrogen-bond donors (Lipinski definition) is 2. The highest BCUT2D eigenvalue weighted by atomic mass is 32.2. The van der Waals surface area contributed by atoms with Gasteiger partial charge >= 0.3 is 6.18 Å². The normalized spacial score (nSPS) is 16.3. The molecular weight excluding hydrogens is 431 g/mol. The van der Waals surface area contributed by atoms with Crippen molar-refractivity contribution in [3.8, 4) is 0 Å². The maximum absolute atomic E-state index is 13.0. The lowest BCUT2D eigenvalue weighted by atomic mass is 10.1. The van der Waals surface area contributed by atoms with E-state index in [2.05, 4.69) is 20.1 Å². The lowest BCUT2D eigenvalue weighted by molar-refractivity contribution is -0.137. The zero-order valence-electron chi connectivity index (χ0n) is 16.1. The van der Waals surface area contributed by atoms with Gasteiger partial charge in [0.2, 0.25) is 15.7 Å². The van der Waals surface area contributed by atoms with Crippen LogP contribution in [0.2, 0.25) is 0 Å². The third kappa shape index (κ3) is 4.08. The summed E-state index contributed by atoms with van der Waals surface area (Å²) in [6.45, 7) is 7.68. The van der Waals surface area contributed by atoms with E-state index in [-0.39, 0.29) is 24.0 Å². The molecule has 0 amide bonds. The number of pyridine rings is 1. The molecule has 162 valence electrons. The van der Waals surface area contributed by atoms with Crippen molar-refractivity contribution in [1.82, 2.24) is 14.3 Å². The first-order valence-electron chi connectivity index (χ1n) is 9.47. The number of nitrogens with one attached hydrogen (secondary N) is 2. The number of fused-ring (bicyclic) bond motifs is 1. The van der Waals surface area contributed by atoms with Gasteiger partial charge in [0.1, 0.15) is 5.65 Å². The maximum atomic E-state index is 13.0. The fourth-order valence-corrected chi connectivity index (χ4v) is 5.18. The Hall–Kier alpha value is -3.10. The zero-order valence-corrected chi connectivity index (χ0v) is 17.0. The molecule has 0 radical (unpaired) electrons. The van der Waals surface area contributed by atoms with Gasteiger partial charge in [-0.3, -0.25) is 4.98 Å². The molecule has 0 aliphatic carbocycles. The third-order valence-corrected chi connectivity index (χ3v) is 7.18. The second-order valence-electron chi connectivity index (χ2n) is 7.22. The minimum atomic E-state index is -4.61. The minimum Gasteiger partial charge on any atom is -0.390 e. The number of halogens is 3. The van der Waals surface area contributed by atoms with Gasteiger partial charge in [-0.05, 0) is 37.1 Å². The van der Waals surface area contributed by atoms with E-state index in [1.165, 1.54) is 16.6 Å². The van der Waals surface area contributed by atoms with Gasteiger partial charge in [0, 0.05) is 36.9 Å². The summed E-state index contributed by atoms with van der Waals surface area (Å²) < 4.78 is 65.8. The van der Waals surface area contributed by atoms with Crippen LogP contribution in [-0.2, 0) is 16.2 Å². The van der Waals surface area contributed by atoms with Crippen LogP contribution >= 0.6 is 0 Å². The van der Waals surface area contributed by atoms with Gasteiger partial charge in [-0.1, -0.05) is 6.07 Å². The Morgan fingerprint density at radius 3 is 2.65 bits per heavy atom. The average molecular weight is 449 g/mol. The van der Waals surface area contributed by atoms with Gasteiger partial charge in [0.05, 0.1) is 22.7 Å². The number of sulfonamides is 1. The standard InChI is InChI=1S/C20H18F3N5O2S/c1-24-17-12-26-19-16(5-8-25-19)18(17)27-14-6-9-28(10-7-14)31(29,30)15-4-2-3-13(11-15)20(21,22)23/h2-5,8,11-12,14H,6-7,9-10H2,(H2,25,26,27). The Bertz CT molecular complexity index is 1260. The van der Waals surface area contributed by atoms with Crippen LogP contribution in [0.5, 0.6) is 0 Å². The number of benzene rings is 1. The van der Waals surface area contributed by atoms with Crippen LogP contribution in [0.25, 0.3) is 15.9 Å². The molecule has 2 N–H and O–H groups in total. The molecule has 0 unspecified atom stereocenters. The van der Waals surface area contributed by atoms with Gasteiger partial charge in [0.15, 0.2) is 0 Å². The molecule has 4 rings (SSSR count). The Morgan fingerprint density at radius 1 is 1.23 bits per heavy atom. The van der Waals surface area contributed by atoms with Crippen LogP contribution in [0, 0.1) is 6.57 Å². The van der Waals surface area contributed by atoms with E-state index in [0.29, 0.717) is 35.9 Å². The topological polar surface area (TPSA) is 82.4 Å². The van der Waals surface area contributed by atoms with Gasteiger partial charge in [0.25, 0.3) is 0 Å². The third-order valence-electron chi connectivity index (χ3n) is 5.29. The van der Waals surface area contributed by atoms with Crippen molar-refractivity contribution in [2.45, 2.75) is 30.0 Å². The number of hydrogen-bond acceptors (Lipinski definition) is 4. The first kappa shape index (κ1) is 21.1. The van der Waals surface area contributed by atoms with Gasteiger partial charge in [-0.15, -0.1) is 0 Å². The molecule has 1 saturated heterocycles. The molecule has 1 aliphatic heterocycles. The highest BCUT2D eigenvalue weighted by Gasteiger charge is 2.34. The lowest BCUT2D eigenvalue weighted by Gasteiger charge is -2.32. The molecule has 0 bridgehead atoms. The van der Waals surface area contributed by atoms with E-state index in [4.69, 9.17) is 6.57 Å². The summed E-state index contributed by atoms with van der Waals surface area (Å²) in [6.07, 6.45) is -0.521. The van der Waals surface area contributed by atoms with Crippen molar-refractivity contribution in [1.29, 1.82) is 0 Å². The summed E-state index contributed by atoms with van der Waals surface area (Å²) >= 11 is 0. The van der Waals surface area contributed by atoms with Crippen LogP contribution < -0.4 is 5.32 Å². The molecule has 2 aromatic heterocycles. The number of nitrogens with zero attached hydrogens (tertiary/aromatic N) is 3. The second kappa shape index (κ2) is 7.86. The number of alkyl halides is 3. The smallest absolute Gasteiger partial charge is 0.390 e. The molecule has 3 aromatic rings. The average Bonchev–Trinajstić information content (AvgIpc) is 3.23. The monoisotopic (exact) mass is 449 g/mol. The summed E-state index contributed by atoms with van der Waals surface area (Å²) in [4.78, 5) is 10.3. The van der Waals surface area contributed by atoms with E-state index in [0.717, 1.165) is 17.5 Å². The number of piperidine rings is 1. The van der Waals surface area contributed by atoms with E-state index >= 15 is 0 Å². The van der Waals surface area contributed by atoms with E-state index in [9.17, 15) is 21.6 Å². The minimum absolute atomic E-state index is 0.0889. The molecule has 0 spiro atoms. The number of anilines is 1. The Kier molecular flexibility index (Phi) is 5.36. The molecule has 31 heavy (non-hydrogen) atoms. The van der Waals surface area contributed by atoms with E-state index < -0.39 is 21.8 Å². The number of aromatic amines is 1. The van der Waals surface area contributed by atoms with Gasteiger partial charge in [-0.2, -0.15) is 17.5 Å². The quantitative estimate of drug-likeness (QED) is 0.579. The summed E-state index contributed by atoms with van der Waals surface area (Å²) in [5, 5.41) is 4.10. The van der Waals surface area contributed by atoms with Crippen molar-refractivity contribution < 1.29 is 21.6 Å². The fraction of sp³-hybridized carbons (Fsp3) is 0.300. The maximum Gasteiger partial charge on any atom is 0.416 e. The van der Waals surface area contributed by atoms with E-state index in [1.807, 2.05) is 6.07 Å². The van der Waals surface area contributed by atoms with Crippen LogP contribution in [0.15, 0.2) is 47.6 Å². The van der Waals surface area contributed by atoms with E-state index in [1.54, 1.807) is 6.20 Å². The molecule has 1 aromatic carbocycles. The fourth-order valence-electron chi connectivity index (χ4n) is 3.66. The molecule has 11 heteroatoms. The van der Waals surface area contributed by atoms with Crippen LogP contribution in [0.3, 0.4) is 0 Å². The predicted octanol–water partition coefficient (Wildman–Crippen LogP) is 4.40. The zero-order chi connectivity index (χ0) is 22.2. The Balaban J connectivity index is 1.50. The van der Waals surface area contributed by atoms with Crippen molar-refractivity contribution in [2.24, 2.45) is 0 Å². The first-order valence-corrected chi connectivity index (χ1v) is 10.9. The second-order valence-corrected chi connectivity index (χ2v) is 9.16. The molecular formula is C20H18F3N5O2S. The highest BCUT2D eigenvalue weighted by Crippen LogP contribution is 2.34. The number of H-pyrrole nitrogens is 1. The molecule has 3 heterocycles. The summed E-state index contributed by atoms with van der Waals surface area (Å²) in [7, 11) is -4.04. The van der Waals surface area contributed by atoms with Gasteiger partial charge < -0.3 is 10.3 Å². The summed E-state index contributed by atoms with van der Waals surface area (Å²) in [5.74, 6) is 0. The molecule has 0 atom stereocenters. The van der Waals surface area contributed by atoms with Crippen LogP contribution in [-0.4, -0.2) is 41.8 Å². The van der Waals surface area contributed by atoms with Gasteiger partial charge in [-0.25, -0.2) is 13.3 Å². The Labute approximate surface area is 176 Å². The van der Waals surface area contributed by atoms with Crippen LogP contribution in [0.4, 0.5) is 24.5 Å². The molecule has 1 fully saturated rings. The SMILES string of the molecule is [C-]#[N+]c1cnc2[nH]ccc2c1NC1CCN(S(=O)(=O)c2cccc(C(F)(F)F)c2)CC1. The Morgan fingerprint density at radius 2 is 1.97 bits per heavy atom. The number of aromatic nitrogens is 2. The van der Waals surface area contributed by atoms with Crippen molar-refractivity contribution in [3.05, 3.63) is 59.7 Å². The lowest BCUT2D eigenvalue weighted by Crippen LogP contribution is -2.42.